The van der Waals surface area contributed by atoms with Gasteiger partial charge in [0.05, 0.1) is 0 Å². The van der Waals surface area contributed by atoms with Crippen molar-refractivity contribution in [3.05, 3.63) is 53.1 Å². The first kappa shape index (κ1) is 20.4. The Hall–Kier alpha value is -3.52. The van der Waals surface area contributed by atoms with E-state index in [1.807, 2.05) is 12.1 Å². The van der Waals surface area contributed by atoms with E-state index in [1.54, 1.807) is 24.3 Å². The molecule has 3 aliphatic heterocycles. The van der Waals surface area contributed by atoms with E-state index in [2.05, 4.69) is 10.6 Å². The summed E-state index contributed by atoms with van der Waals surface area (Å²) in [5.41, 5.74) is 2.59. The van der Waals surface area contributed by atoms with Gasteiger partial charge in [0.2, 0.25) is 17.4 Å². The van der Waals surface area contributed by atoms with Gasteiger partial charge < -0.3 is 20.6 Å². The number of aliphatic hydroxyl groups is 1. The molecule has 0 saturated carbocycles. The molecule has 1 unspecified atom stereocenters. The minimum absolute atomic E-state index is 0.0273. The zero-order chi connectivity index (χ0) is 22.5. The fraction of sp³-hybridized carbons (Fsp3) is 0.333. The topological polar surface area (TPSA) is 116 Å². The molecule has 0 bridgehead atoms. The summed E-state index contributed by atoms with van der Waals surface area (Å²) in [7, 11) is 0. The normalized spacial score (nSPS) is 22.2. The summed E-state index contributed by atoms with van der Waals surface area (Å²) < 4.78 is 0. The number of amides is 3. The summed E-state index contributed by atoms with van der Waals surface area (Å²) in [5.74, 6) is -1.22. The molecule has 8 nitrogen and oxygen atoms in total. The van der Waals surface area contributed by atoms with E-state index in [4.69, 9.17) is 0 Å². The van der Waals surface area contributed by atoms with E-state index in [-0.39, 0.29) is 31.2 Å². The predicted octanol–water partition coefficient (Wildman–Crippen LogP) is 1.74. The number of nitrogens with zero attached hydrogens (tertiary/aromatic N) is 1. The summed E-state index contributed by atoms with van der Waals surface area (Å²) in [4.78, 5) is 50.6. The van der Waals surface area contributed by atoms with Crippen LogP contribution in [0.15, 0.2) is 36.4 Å². The van der Waals surface area contributed by atoms with Crippen LogP contribution in [0.25, 0.3) is 0 Å². The van der Waals surface area contributed by atoms with E-state index < -0.39 is 17.3 Å². The van der Waals surface area contributed by atoms with Gasteiger partial charge in [-0.15, -0.1) is 0 Å². The Morgan fingerprint density at radius 3 is 2.22 bits per heavy atom. The highest BCUT2D eigenvalue weighted by molar-refractivity contribution is 6.17. The van der Waals surface area contributed by atoms with Crippen LogP contribution in [-0.4, -0.2) is 40.8 Å². The Morgan fingerprint density at radius 2 is 1.53 bits per heavy atom. The number of hydrogen-bond acceptors (Lipinski definition) is 5. The van der Waals surface area contributed by atoms with E-state index in [9.17, 15) is 24.3 Å². The highest BCUT2D eigenvalue weighted by Crippen LogP contribution is 2.34. The average molecular weight is 433 g/mol. The lowest BCUT2D eigenvalue weighted by atomic mass is 9.90. The Labute approximate surface area is 184 Å². The first-order valence-electron chi connectivity index (χ1n) is 10.8. The fourth-order valence-electron chi connectivity index (χ4n) is 4.63. The van der Waals surface area contributed by atoms with Gasteiger partial charge in [-0.3, -0.25) is 19.2 Å². The molecule has 2 aromatic rings. The maximum atomic E-state index is 13.1. The maximum Gasteiger partial charge on any atom is 0.266 e. The molecule has 8 heteroatoms. The van der Waals surface area contributed by atoms with Crippen molar-refractivity contribution in [2.75, 3.05) is 22.1 Å². The van der Waals surface area contributed by atoms with E-state index in [1.165, 1.54) is 4.90 Å². The van der Waals surface area contributed by atoms with Crippen molar-refractivity contribution in [3.63, 3.8) is 0 Å². The number of hydrogen-bond donors (Lipinski definition) is 3. The van der Waals surface area contributed by atoms with Crippen LogP contribution in [0.2, 0.25) is 0 Å². The van der Waals surface area contributed by atoms with Gasteiger partial charge in [-0.1, -0.05) is 12.1 Å². The maximum absolute atomic E-state index is 13.1. The minimum Gasteiger partial charge on any atom is -0.373 e. The van der Waals surface area contributed by atoms with Crippen molar-refractivity contribution in [2.24, 2.45) is 0 Å². The zero-order valence-corrected chi connectivity index (χ0v) is 17.4. The molecule has 0 aliphatic carbocycles. The SMILES string of the molecule is O=C1CCc2cc(CC(=O)C3(O)CCN(c4ccc5c(c4)CCC(=O)N5)C3=O)ccc2N1. The van der Waals surface area contributed by atoms with Crippen molar-refractivity contribution >= 4 is 40.6 Å². The van der Waals surface area contributed by atoms with Gasteiger partial charge in [0, 0.05) is 49.3 Å². The number of rotatable bonds is 4. The molecule has 164 valence electrons. The van der Waals surface area contributed by atoms with Crippen LogP contribution < -0.4 is 15.5 Å². The second-order valence-electron chi connectivity index (χ2n) is 8.60. The van der Waals surface area contributed by atoms with Crippen LogP contribution in [0.5, 0.6) is 0 Å². The van der Waals surface area contributed by atoms with Crippen molar-refractivity contribution in [1.82, 2.24) is 0 Å². The Morgan fingerprint density at radius 1 is 0.906 bits per heavy atom. The number of carbonyl (C=O) groups excluding carboxylic acids is 4. The zero-order valence-electron chi connectivity index (χ0n) is 17.4. The molecule has 3 N–H and O–H groups in total. The number of ketones is 1. The smallest absolute Gasteiger partial charge is 0.266 e. The summed E-state index contributed by atoms with van der Waals surface area (Å²) in [6.45, 7) is 0.239. The summed E-state index contributed by atoms with van der Waals surface area (Å²) in [6.07, 6.45) is 1.93. The van der Waals surface area contributed by atoms with Crippen LogP contribution in [0.1, 0.15) is 36.0 Å². The number of aryl methyl sites for hydroxylation is 2. The third-order valence-electron chi connectivity index (χ3n) is 6.48. The highest BCUT2D eigenvalue weighted by Gasteiger charge is 2.51. The monoisotopic (exact) mass is 433 g/mol. The number of Topliss-reactive ketones (excluding diaryl/α,β-unsaturated/α-hetero) is 1. The molecule has 32 heavy (non-hydrogen) atoms. The van der Waals surface area contributed by atoms with Crippen molar-refractivity contribution < 1.29 is 24.3 Å². The van der Waals surface area contributed by atoms with Crippen molar-refractivity contribution in [1.29, 1.82) is 0 Å². The van der Waals surface area contributed by atoms with E-state index in [0.717, 1.165) is 22.5 Å². The standard InChI is InChI=1S/C24H23N3O5/c28-20(12-14-1-5-18-15(11-14)2-7-21(29)25-18)24(32)9-10-27(23(24)31)17-4-6-19-16(13-17)3-8-22(30)26-19/h1,4-6,11,13,32H,2-3,7-10,12H2,(H,25,29)(H,26,30). The number of anilines is 3. The predicted molar refractivity (Wildman–Crippen MR) is 117 cm³/mol. The summed E-state index contributed by atoms with van der Waals surface area (Å²) in [5, 5.41) is 16.6. The second-order valence-corrected chi connectivity index (χ2v) is 8.60. The number of nitrogens with one attached hydrogen (secondary N) is 2. The van der Waals surface area contributed by atoms with Crippen molar-refractivity contribution in [3.8, 4) is 0 Å². The van der Waals surface area contributed by atoms with Gasteiger partial charge in [0.1, 0.15) is 0 Å². The first-order chi connectivity index (χ1) is 15.3. The van der Waals surface area contributed by atoms with Gasteiger partial charge in [0.25, 0.3) is 5.91 Å². The molecular weight excluding hydrogens is 410 g/mol. The summed E-state index contributed by atoms with van der Waals surface area (Å²) in [6, 6.07) is 10.6. The fourth-order valence-corrected chi connectivity index (χ4v) is 4.63. The molecule has 1 saturated heterocycles. The third-order valence-corrected chi connectivity index (χ3v) is 6.48. The molecule has 2 aromatic carbocycles. The molecule has 1 fully saturated rings. The number of carbonyl (C=O) groups is 4. The van der Waals surface area contributed by atoms with Gasteiger partial charge >= 0.3 is 0 Å². The lowest BCUT2D eigenvalue weighted by molar-refractivity contribution is -0.147. The average Bonchev–Trinajstić information content (AvgIpc) is 3.09. The van der Waals surface area contributed by atoms with Gasteiger partial charge in [0.15, 0.2) is 5.78 Å². The molecule has 0 radical (unpaired) electrons. The molecule has 5 rings (SSSR count). The highest BCUT2D eigenvalue weighted by atomic mass is 16.3. The van der Waals surface area contributed by atoms with E-state index in [0.29, 0.717) is 36.9 Å². The quantitative estimate of drug-likeness (QED) is 0.635. The third kappa shape index (κ3) is 3.46. The van der Waals surface area contributed by atoms with Crippen LogP contribution in [0.3, 0.4) is 0 Å². The number of fused-ring (bicyclic) bond motifs is 2. The molecule has 0 spiro atoms. The van der Waals surface area contributed by atoms with Crippen LogP contribution in [0, 0.1) is 0 Å². The molecule has 3 heterocycles. The summed E-state index contributed by atoms with van der Waals surface area (Å²) >= 11 is 0. The van der Waals surface area contributed by atoms with E-state index >= 15 is 0 Å². The first-order valence-corrected chi connectivity index (χ1v) is 10.8. The van der Waals surface area contributed by atoms with Gasteiger partial charge in [-0.25, -0.2) is 0 Å². The van der Waals surface area contributed by atoms with Crippen LogP contribution in [0.4, 0.5) is 17.1 Å². The largest absolute Gasteiger partial charge is 0.373 e. The molecule has 3 amide bonds. The Kier molecular flexibility index (Phi) is 4.82. The van der Waals surface area contributed by atoms with Gasteiger partial charge in [-0.05, 0) is 53.8 Å². The Bertz CT molecular complexity index is 1170. The number of benzene rings is 2. The molecule has 0 aromatic heterocycles. The van der Waals surface area contributed by atoms with Crippen LogP contribution in [-0.2, 0) is 38.4 Å². The lowest BCUT2D eigenvalue weighted by Crippen LogP contribution is -2.47. The molecule has 3 aliphatic rings. The minimum atomic E-state index is -2.06. The molecule has 1 atom stereocenters. The van der Waals surface area contributed by atoms with Gasteiger partial charge in [-0.2, -0.15) is 0 Å². The Balaban J connectivity index is 1.33. The molecular formula is C24H23N3O5. The van der Waals surface area contributed by atoms with Crippen molar-refractivity contribution in [2.45, 2.75) is 44.1 Å². The lowest BCUT2D eigenvalue weighted by Gasteiger charge is -2.24. The van der Waals surface area contributed by atoms with Crippen LogP contribution >= 0.6 is 0 Å². The second kappa shape index (κ2) is 7.56.